The smallest absolute Gasteiger partial charge is 0.240 e. The number of piperazine rings is 1. The number of piperidine rings is 1. The number of thiol groups is 1. The van der Waals surface area contributed by atoms with Crippen LogP contribution < -0.4 is 5.32 Å². The van der Waals surface area contributed by atoms with E-state index in [2.05, 4.69) is 57.0 Å². The Morgan fingerprint density at radius 1 is 1.21 bits per heavy atom. The van der Waals surface area contributed by atoms with Gasteiger partial charge >= 0.3 is 0 Å². The average Bonchev–Trinajstić information content (AvgIpc) is 3.45. The van der Waals surface area contributed by atoms with Gasteiger partial charge in [0.25, 0.3) is 0 Å². The summed E-state index contributed by atoms with van der Waals surface area (Å²) in [6, 6.07) is 8.13. The van der Waals surface area contributed by atoms with Gasteiger partial charge in [0.2, 0.25) is 5.91 Å². The number of hydrogen-bond acceptors (Lipinski definition) is 8. The molecule has 5 rings (SSSR count). The van der Waals surface area contributed by atoms with Gasteiger partial charge in [0.15, 0.2) is 5.72 Å². The number of amides is 1. The van der Waals surface area contributed by atoms with E-state index in [1.54, 1.807) is 0 Å². The van der Waals surface area contributed by atoms with E-state index in [4.69, 9.17) is 14.3 Å². The Balaban J connectivity index is 0.00000164. The van der Waals surface area contributed by atoms with E-state index in [-0.39, 0.29) is 18.1 Å². The SMILES string of the molecule is C=O.C=S(=C)(c1cc2cc(S)ccc2[nH]1)N1CC(=O)N2CC3(CCNCC3)OC2(CN(C)CCOCC)C1. The fourth-order valence-electron chi connectivity index (χ4n) is 5.78. The molecule has 2 aromatic rings. The fourth-order valence-corrected chi connectivity index (χ4v) is 7.73. The monoisotopic (exact) mass is 563 g/mol. The van der Waals surface area contributed by atoms with Crippen molar-refractivity contribution in [1.29, 1.82) is 0 Å². The Morgan fingerprint density at radius 3 is 2.66 bits per heavy atom. The molecule has 2 N–H and O–H groups in total. The molecular weight excluding hydrogens is 522 g/mol. The highest BCUT2D eigenvalue weighted by atomic mass is 32.2. The van der Waals surface area contributed by atoms with Crippen molar-refractivity contribution in [2.24, 2.45) is 0 Å². The Bertz CT molecular complexity index is 1240. The van der Waals surface area contributed by atoms with E-state index in [0.29, 0.717) is 32.8 Å². The van der Waals surface area contributed by atoms with Gasteiger partial charge in [0.05, 0.1) is 36.9 Å². The second kappa shape index (κ2) is 11.7. The van der Waals surface area contributed by atoms with Crippen LogP contribution in [0.1, 0.15) is 19.8 Å². The van der Waals surface area contributed by atoms with E-state index >= 15 is 0 Å². The second-order valence-electron chi connectivity index (χ2n) is 10.4. The van der Waals surface area contributed by atoms with Gasteiger partial charge in [-0.1, -0.05) is 11.7 Å². The van der Waals surface area contributed by atoms with E-state index < -0.39 is 15.1 Å². The van der Waals surface area contributed by atoms with Crippen LogP contribution in [0, 0.1) is 0 Å². The molecule has 1 atom stereocenters. The minimum absolute atomic E-state index is 0.0906. The zero-order valence-electron chi connectivity index (χ0n) is 22.5. The lowest BCUT2D eigenvalue weighted by Crippen LogP contribution is -2.65. The molecule has 0 bridgehead atoms. The summed E-state index contributed by atoms with van der Waals surface area (Å²) in [6.45, 7) is 10.1. The first-order valence-electron chi connectivity index (χ1n) is 13.0. The third kappa shape index (κ3) is 5.70. The molecule has 11 heteroatoms. The molecule has 1 spiro atoms. The van der Waals surface area contributed by atoms with Gasteiger partial charge in [-0.3, -0.25) is 9.69 Å². The summed E-state index contributed by atoms with van der Waals surface area (Å²) >= 11 is 4.48. The molecule has 38 heavy (non-hydrogen) atoms. The number of H-pyrrole nitrogens is 1. The average molecular weight is 564 g/mol. The van der Waals surface area contributed by atoms with Crippen molar-refractivity contribution in [3.05, 3.63) is 24.3 Å². The molecule has 0 saturated carbocycles. The van der Waals surface area contributed by atoms with Crippen LogP contribution in [0.25, 0.3) is 10.9 Å². The predicted molar refractivity (Wildman–Crippen MR) is 159 cm³/mol. The normalized spacial score (nSPS) is 23.6. The Labute approximate surface area is 231 Å². The van der Waals surface area contributed by atoms with Crippen LogP contribution >= 0.6 is 22.0 Å². The molecule has 1 aromatic heterocycles. The van der Waals surface area contributed by atoms with Crippen molar-refractivity contribution < 1.29 is 19.1 Å². The number of hydrogen-bond donors (Lipinski definition) is 3. The third-order valence-corrected chi connectivity index (χ3v) is 10.3. The van der Waals surface area contributed by atoms with Crippen LogP contribution in [0.5, 0.6) is 0 Å². The van der Waals surface area contributed by atoms with Crippen LogP contribution in [0.2, 0.25) is 0 Å². The predicted octanol–water partition coefficient (Wildman–Crippen LogP) is 2.18. The maximum Gasteiger partial charge on any atom is 0.240 e. The molecule has 1 unspecified atom stereocenters. The number of ether oxygens (including phenoxy) is 2. The van der Waals surface area contributed by atoms with Gasteiger partial charge in [0, 0.05) is 35.5 Å². The molecule has 210 valence electrons. The molecule has 9 nitrogen and oxygen atoms in total. The number of benzene rings is 1. The quantitative estimate of drug-likeness (QED) is 0.258. The van der Waals surface area contributed by atoms with E-state index in [1.165, 1.54) is 0 Å². The Hall–Kier alpha value is -1.86. The molecule has 3 aliphatic heterocycles. The van der Waals surface area contributed by atoms with Crippen LogP contribution in [-0.4, -0.2) is 121 Å². The number of nitrogens with zero attached hydrogens (tertiary/aromatic N) is 3. The van der Waals surface area contributed by atoms with Crippen molar-refractivity contribution in [2.45, 2.75) is 41.0 Å². The number of fused-ring (bicyclic) bond motifs is 2. The summed E-state index contributed by atoms with van der Waals surface area (Å²) in [7, 11) is 0.101. The first-order chi connectivity index (χ1) is 18.2. The summed E-state index contributed by atoms with van der Waals surface area (Å²) in [4.78, 5) is 30.4. The van der Waals surface area contributed by atoms with E-state index in [1.807, 2.05) is 36.8 Å². The van der Waals surface area contributed by atoms with Gasteiger partial charge in [-0.15, -0.1) is 22.0 Å². The number of likely N-dealkylation sites (N-methyl/N-ethyl adjacent to an activating group) is 1. The molecule has 3 fully saturated rings. The zero-order chi connectivity index (χ0) is 27.6. The van der Waals surface area contributed by atoms with Crippen molar-refractivity contribution in [1.82, 2.24) is 24.4 Å². The maximum atomic E-state index is 13.7. The highest BCUT2D eigenvalue weighted by molar-refractivity contribution is 8.25. The summed E-state index contributed by atoms with van der Waals surface area (Å²) in [5, 5.41) is 5.46. The molecule has 3 saturated heterocycles. The number of carbonyl (C=O) groups excluding carboxylic acids is 2. The Kier molecular flexibility index (Phi) is 8.98. The standard InChI is InChI=1S/C26H39N5O3S2.CH2O/c1-5-33-13-12-29(2)18-26-19-30(16-24(32)31(26)17-25(34-26)8-10-27-11-9-25)36(3,4)23-15-20-14-21(35)6-7-22(20)28-23;1-2/h6-7,14-15,27-28,35H,3-5,8-13,16-19H2,1-2H3;1H2. The number of rotatable bonds is 8. The first kappa shape index (κ1) is 29.1. The summed E-state index contributed by atoms with van der Waals surface area (Å²) in [5.74, 6) is 9.26. The van der Waals surface area contributed by atoms with Gasteiger partial charge in [-0.2, -0.15) is 0 Å². The molecular formula is C27H41N5O4S2. The largest absolute Gasteiger partial charge is 0.380 e. The van der Waals surface area contributed by atoms with Crippen LogP contribution in [0.4, 0.5) is 0 Å². The van der Waals surface area contributed by atoms with Gasteiger partial charge in [-0.05, 0) is 64.2 Å². The molecule has 0 aliphatic carbocycles. The van der Waals surface area contributed by atoms with Gasteiger partial charge in [-0.25, -0.2) is 4.31 Å². The minimum Gasteiger partial charge on any atom is -0.380 e. The summed E-state index contributed by atoms with van der Waals surface area (Å²) in [5.41, 5.74) is -0.0266. The number of aromatic amines is 1. The first-order valence-corrected chi connectivity index (χ1v) is 15.4. The van der Waals surface area contributed by atoms with E-state index in [9.17, 15) is 4.79 Å². The maximum absolute atomic E-state index is 13.7. The highest BCUT2D eigenvalue weighted by Gasteiger charge is 2.59. The van der Waals surface area contributed by atoms with Crippen molar-refractivity contribution in [2.75, 3.05) is 66.1 Å². The lowest BCUT2D eigenvalue weighted by Gasteiger charge is -2.48. The van der Waals surface area contributed by atoms with Crippen molar-refractivity contribution in [3.8, 4) is 0 Å². The number of aromatic nitrogens is 1. The summed E-state index contributed by atoms with van der Waals surface area (Å²) < 4.78 is 14.8. The van der Waals surface area contributed by atoms with Gasteiger partial charge in [0.1, 0.15) is 6.79 Å². The molecule has 1 amide bonds. The minimum atomic E-state index is -1.98. The molecule has 0 radical (unpaired) electrons. The molecule has 4 heterocycles. The van der Waals surface area contributed by atoms with Gasteiger partial charge < -0.3 is 29.5 Å². The lowest BCUT2D eigenvalue weighted by atomic mass is 9.92. The van der Waals surface area contributed by atoms with Crippen molar-refractivity contribution in [3.63, 3.8) is 0 Å². The van der Waals surface area contributed by atoms with Crippen LogP contribution in [-0.2, 0) is 19.1 Å². The highest BCUT2D eigenvalue weighted by Crippen LogP contribution is 2.47. The molecule has 1 aromatic carbocycles. The number of carbonyl (C=O) groups is 2. The number of nitrogens with one attached hydrogen (secondary N) is 2. The van der Waals surface area contributed by atoms with Crippen LogP contribution in [0.3, 0.4) is 0 Å². The summed E-state index contributed by atoms with van der Waals surface area (Å²) in [6.07, 6.45) is 1.81. The fraction of sp³-hybridized carbons (Fsp3) is 0.556. The zero-order valence-corrected chi connectivity index (χ0v) is 24.2. The van der Waals surface area contributed by atoms with E-state index in [0.717, 1.165) is 53.3 Å². The topological polar surface area (TPSA) is 90.1 Å². The second-order valence-corrected chi connectivity index (χ2v) is 13.6. The Morgan fingerprint density at radius 2 is 1.95 bits per heavy atom. The molecule has 3 aliphatic rings. The van der Waals surface area contributed by atoms with Crippen molar-refractivity contribution >= 4 is 57.4 Å². The lowest BCUT2D eigenvalue weighted by molar-refractivity contribution is -0.183. The van der Waals surface area contributed by atoms with Crippen LogP contribution in [0.15, 0.2) is 34.2 Å². The third-order valence-electron chi connectivity index (χ3n) is 7.72.